The second-order valence-corrected chi connectivity index (χ2v) is 5.55. The zero-order valence-electron chi connectivity index (χ0n) is 13.4. The molecule has 1 amide bonds. The SMILES string of the molecule is Cc1cc(C(=O)NCc2cc(-c3ccc4c(c3)OCCO4)on2)no1. The summed E-state index contributed by atoms with van der Waals surface area (Å²) in [5.74, 6) is 2.22. The van der Waals surface area contributed by atoms with E-state index in [0.29, 0.717) is 41.9 Å². The lowest BCUT2D eigenvalue weighted by Crippen LogP contribution is -2.23. The fourth-order valence-electron chi connectivity index (χ4n) is 2.46. The Morgan fingerprint density at radius 3 is 2.72 bits per heavy atom. The molecule has 8 heteroatoms. The molecule has 1 N–H and O–H groups in total. The Bertz CT molecular complexity index is 915. The Kier molecular flexibility index (Phi) is 3.85. The molecule has 0 aliphatic carbocycles. The normalized spacial score (nSPS) is 12.8. The van der Waals surface area contributed by atoms with Crippen LogP contribution in [-0.4, -0.2) is 29.4 Å². The first-order valence-corrected chi connectivity index (χ1v) is 7.76. The zero-order chi connectivity index (χ0) is 17.2. The summed E-state index contributed by atoms with van der Waals surface area (Å²) in [4.78, 5) is 11.9. The van der Waals surface area contributed by atoms with Gasteiger partial charge in [-0.05, 0) is 25.1 Å². The number of ether oxygens (including phenoxy) is 2. The van der Waals surface area contributed by atoms with E-state index in [-0.39, 0.29) is 18.1 Å². The predicted molar refractivity (Wildman–Crippen MR) is 85.3 cm³/mol. The molecule has 2 aromatic heterocycles. The van der Waals surface area contributed by atoms with E-state index in [9.17, 15) is 4.79 Å². The highest BCUT2D eigenvalue weighted by Gasteiger charge is 2.16. The predicted octanol–water partition coefficient (Wildman–Crippen LogP) is 2.34. The maximum absolute atomic E-state index is 11.9. The summed E-state index contributed by atoms with van der Waals surface area (Å²) in [6.45, 7) is 3.01. The minimum Gasteiger partial charge on any atom is -0.486 e. The first-order chi connectivity index (χ1) is 12.2. The molecule has 4 rings (SSSR count). The van der Waals surface area contributed by atoms with Crippen molar-refractivity contribution in [3.8, 4) is 22.8 Å². The van der Waals surface area contributed by atoms with Crippen LogP contribution in [0.2, 0.25) is 0 Å². The molecule has 128 valence electrons. The van der Waals surface area contributed by atoms with Crippen molar-refractivity contribution in [3.05, 3.63) is 47.5 Å². The number of hydrogen-bond donors (Lipinski definition) is 1. The van der Waals surface area contributed by atoms with Gasteiger partial charge in [-0.15, -0.1) is 0 Å². The van der Waals surface area contributed by atoms with Gasteiger partial charge in [-0.2, -0.15) is 0 Å². The Morgan fingerprint density at radius 2 is 1.92 bits per heavy atom. The third-order valence-corrected chi connectivity index (χ3v) is 3.68. The van der Waals surface area contributed by atoms with Gasteiger partial charge in [0.1, 0.15) is 24.7 Å². The van der Waals surface area contributed by atoms with E-state index in [1.165, 1.54) is 0 Å². The summed E-state index contributed by atoms with van der Waals surface area (Å²) in [7, 11) is 0. The Morgan fingerprint density at radius 1 is 1.08 bits per heavy atom. The Balaban J connectivity index is 1.44. The highest BCUT2D eigenvalue weighted by atomic mass is 16.6. The van der Waals surface area contributed by atoms with Crippen LogP contribution in [0.4, 0.5) is 0 Å². The average Bonchev–Trinajstić information content (AvgIpc) is 3.28. The average molecular weight is 341 g/mol. The van der Waals surface area contributed by atoms with Crippen LogP contribution in [0.25, 0.3) is 11.3 Å². The van der Waals surface area contributed by atoms with Gasteiger partial charge < -0.3 is 23.8 Å². The van der Waals surface area contributed by atoms with E-state index in [1.54, 1.807) is 19.1 Å². The van der Waals surface area contributed by atoms with Crippen LogP contribution >= 0.6 is 0 Å². The number of aromatic nitrogens is 2. The van der Waals surface area contributed by atoms with Crippen LogP contribution in [-0.2, 0) is 6.54 Å². The van der Waals surface area contributed by atoms with Crippen LogP contribution < -0.4 is 14.8 Å². The number of carbonyl (C=O) groups is 1. The maximum Gasteiger partial charge on any atom is 0.273 e. The quantitative estimate of drug-likeness (QED) is 0.777. The summed E-state index contributed by atoms with van der Waals surface area (Å²) >= 11 is 0. The lowest BCUT2D eigenvalue weighted by atomic mass is 10.1. The number of aryl methyl sites for hydroxylation is 1. The van der Waals surface area contributed by atoms with E-state index in [0.717, 1.165) is 5.56 Å². The standard InChI is InChI=1S/C17H15N3O5/c1-10-6-13(20-24-10)17(21)18-9-12-8-15(25-19-12)11-2-3-14-16(7-11)23-5-4-22-14/h2-3,6-8H,4-5,9H2,1H3,(H,18,21). The van der Waals surface area contributed by atoms with Crippen molar-refractivity contribution in [2.75, 3.05) is 13.2 Å². The molecule has 0 spiro atoms. The maximum atomic E-state index is 11.9. The van der Waals surface area contributed by atoms with Gasteiger partial charge in [-0.25, -0.2) is 0 Å². The third-order valence-electron chi connectivity index (χ3n) is 3.68. The van der Waals surface area contributed by atoms with Crippen LogP contribution in [0.5, 0.6) is 11.5 Å². The molecular formula is C17H15N3O5. The van der Waals surface area contributed by atoms with Crippen LogP contribution in [0.1, 0.15) is 21.9 Å². The van der Waals surface area contributed by atoms with Gasteiger partial charge in [0.25, 0.3) is 5.91 Å². The van der Waals surface area contributed by atoms with Crippen LogP contribution in [0.15, 0.2) is 39.4 Å². The van der Waals surface area contributed by atoms with Crippen molar-refractivity contribution in [3.63, 3.8) is 0 Å². The molecule has 1 aromatic carbocycles. The lowest BCUT2D eigenvalue weighted by molar-refractivity contribution is 0.0941. The number of nitrogens with zero attached hydrogens (tertiary/aromatic N) is 2. The molecule has 1 aliphatic heterocycles. The van der Waals surface area contributed by atoms with Gasteiger partial charge in [-0.3, -0.25) is 4.79 Å². The first kappa shape index (κ1) is 15.3. The summed E-state index contributed by atoms with van der Waals surface area (Å²) in [6, 6.07) is 8.88. The number of rotatable bonds is 4. The highest BCUT2D eigenvalue weighted by molar-refractivity contribution is 5.92. The number of carbonyl (C=O) groups excluding carboxylic acids is 1. The summed E-state index contributed by atoms with van der Waals surface area (Å²) in [5, 5.41) is 10.3. The van der Waals surface area contributed by atoms with Crippen molar-refractivity contribution >= 4 is 5.91 Å². The molecule has 0 unspecified atom stereocenters. The van der Waals surface area contributed by atoms with E-state index in [1.807, 2.05) is 18.2 Å². The van der Waals surface area contributed by atoms with Gasteiger partial charge in [0.05, 0.1) is 6.54 Å². The van der Waals surface area contributed by atoms with Crippen molar-refractivity contribution in [1.82, 2.24) is 15.6 Å². The molecular weight excluding hydrogens is 326 g/mol. The second-order valence-electron chi connectivity index (χ2n) is 5.55. The number of nitrogens with one attached hydrogen (secondary N) is 1. The van der Waals surface area contributed by atoms with Crippen LogP contribution in [0, 0.1) is 6.92 Å². The number of benzene rings is 1. The molecule has 1 aliphatic rings. The first-order valence-electron chi connectivity index (χ1n) is 7.76. The van der Waals surface area contributed by atoms with E-state index < -0.39 is 0 Å². The van der Waals surface area contributed by atoms with Crippen molar-refractivity contribution in [1.29, 1.82) is 0 Å². The fraction of sp³-hybridized carbons (Fsp3) is 0.235. The van der Waals surface area contributed by atoms with Crippen molar-refractivity contribution < 1.29 is 23.3 Å². The summed E-state index contributed by atoms with van der Waals surface area (Å²) in [6.07, 6.45) is 0. The van der Waals surface area contributed by atoms with Gasteiger partial charge in [0, 0.05) is 17.7 Å². The summed E-state index contributed by atoms with van der Waals surface area (Å²) in [5.41, 5.74) is 1.65. The lowest BCUT2D eigenvalue weighted by Gasteiger charge is -2.18. The molecule has 3 aromatic rings. The van der Waals surface area contributed by atoms with Crippen molar-refractivity contribution in [2.45, 2.75) is 13.5 Å². The molecule has 0 bridgehead atoms. The molecule has 0 saturated heterocycles. The number of fused-ring (bicyclic) bond motifs is 1. The third kappa shape index (κ3) is 3.18. The van der Waals surface area contributed by atoms with Gasteiger partial charge in [-0.1, -0.05) is 10.3 Å². The van der Waals surface area contributed by atoms with Crippen molar-refractivity contribution in [2.24, 2.45) is 0 Å². The van der Waals surface area contributed by atoms with Gasteiger partial charge in [0.15, 0.2) is 23.0 Å². The zero-order valence-corrected chi connectivity index (χ0v) is 13.4. The summed E-state index contributed by atoms with van der Waals surface area (Å²) < 4.78 is 21.3. The molecule has 25 heavy (non-hydrogen) atoms. The topological polar surface area (TPSA) is 99.6 Å². The largest absolute Gasteiger partial charge is 0.486 e. The molecule has 8 nitrogen and oxygen atoms in total. The van der Waals surface area contributed by atoms with E-state index in [4.69, 9.17) is 18.5 Å². The van der Waals surface area contributed by atoms with Gasteiger partial charge >= 0.3 is 0 Å². The Hall–Kier alpha value is -3.29. The highest BCUT2D eigenvalue weighted by Crippen LogP contribution is 2.34. The van der Waals surface area contributed by atoms with Crippen LogP contribution in [0.3, 0.4) is 0 Å². The fourth-order valence-corrected chi connectivity index (χ4v) is 2.46. The van der Waals surface area contributed by atoms with Gasteiger partial charge in [0.2, 0.25) is 0 Å². The smallest absolute Gasteiger partial charge is 0.273 e. The molecule has 0 fully saturated rings. The molecule has 3 heterocycles. The number of amides is 1. The number of hydrogen-bond acceptors (Lipinski definition) is 7. The van der Waals surface area contributed by atoms with E-state index in [2.05, 4.69) is 15.6 Å². The molecule has 0 radical (unpaired) electrons. The minimum atomic E-state index is -0.333. The van der Waals surface area contributed by atoms with E-state index >= 15 is 0 Å². The monoisotopic (exact) mass is 341 g/mol. The Labute approximate surface area is 142 Å². The second kappa shape index (κ2) is 6.31. The minimum absolute atomic E-state index is 0.221. The molecule has 0 atom stereocenters. The molecule has 0 saturated carbocycles.